The summed E-state index contributed by atoms with van der Waals surface area (Å²) >= 11 is 5.90. The maximum atomic E-state index is 13.5. The number of nitrogens with zero attached hydrogens (tertiary/aromatic N) is 2. The van der Waals surface area contributed by atoms with Crippen molar-refractivity contribution in [1.29, 1.82) is 0 Å². The number of anilines is 1. The Balaban J connectivity index is 1.85. The largest absolute Gasteiger partial charge is 0.588 e. The summed E-state index contributed by atoms with van der Waals surface area (Å²) in [4.78, 5) is 14.3. The van der Waals surface area contributed by atoms with E-state index in [1.165, 1.54) is 30.2 Å². The number of para-hydroxylation sites is 1. The molecule has 0 bridgehead atoms. The number of rotatable bonds is 10. The van der Waals surface area contributed by atoms with Crippen LogP contribution in [0.4, 0.5) is 5.69 Å². The molecule has 0 saturated carbocycles. The number of hydrogen-bond donors (Lipinski definition) is 1. The van der Waals surface area contributed by atoms with Gasteiger partial charge in [-0.3, -0.25) is 4.79 Å². The number of halogens is 1. The third kappa shape index (κ3) is 6.70. The minimum Gasteiger partial charge on any atom is -0.588 e. The van der Waals surface area contributed by atoms with Crippen LogP contribution in [0.2, 0.25) is 5.02 Å². The molecule has 0 fully saturated rings. The fourth-order valence-electron chi connectivity index (χ4n) is 3.43. The number of likely N-dealkylation sites (N-methyl/N-ethyl adjacent to an activating group) is 1. The van der Waals surface area contributed by atoms with Crippen LogP contribution >= 0.6 is 11.6 Å². The van der Waals surface area contributed by atoms with Crippen LogP contribution < -0.4 is 9.04 Å². The summed E-state index contributed by atoms with van der Waals surface area (Å²) in [6, 6.07) is 20.0. The number of aliphatic hydroxyl groups excluding tert-OH is 1. The third-order valence-electron chi connectivity index (χ3n) is 5.28. The van der Waals surface area contributed by atoms with E-state index in [0.29, 0.717) is 22.0 Å². The average Bonchev–Trinajstić information content (AvgIpc) is 2.87. The number of benzene rings is 3. The number of amides is 1. The summed E-state index contributed by atoms with van der Waals surface area (Å²) < 4.78 is 33.2. The smallest absolute Gasteiger partial charge is 0.246 e. The first-order valence-electron chi connectivity index (χ1n) is 10.8. The average molecular weight is 515 g/mol. The number of sulfonamides is 1. The van der Waals surface area contributed by atoms with Crippen molar-refractivity contribution in [2.45, 2.75) is 11.4 Å². The molecule has 184 valence electrons. The van der Waals surface area contributed by atoms with Crippen LogP contribution in [0.15, 0.2) is 83.8 Å². The van der Waals surface area contributed by atoms with Crippen LogP contribution in [-0.2, 0) is 25.9 Å². The zero-order chi connectivity index (χ0) is 25.4. The summed E-state index contributed by atoms with van der Waals surface area (Å²) in [5.41, 5.74) is 1.84. The van der Waals surface area contributed by atoms with Gasteiger partial charge in [-0.05, 0) is 59.7 Å². The van der Waals surface area contributed by atoms with Crippen molar-refractivity contribution in [3.8, 4) is 5.75 Å². The van der Waals surface area contributed by atoms with E-state index in [0.717, 1.165) is 9.87 Å². The molecule has 0 radical (unpaired) electrons. The van der Waals surface area contributed by atoms with Crippen molar-refractivity contribution in [3.05, 3.63) is 95.0 Å². The van der Waals surface area contributed by atoms with E-state index in [9.17, 15) is 18.7 Å². The fourth-order valence-corrected chi connectivity index (χ4v) is 5.05. The molecule has 3 aromatic rings. The molecule has 0 aliphatic heterocycles. The van der Waals surface area contributed by atoms with Gasteiger partial charge in [0.05, 0.1) is 25.9 Å². The van der Waals surface area contributed by atoms with Gasteiger partial charge < -0.3 is 19.3 Å². The molecule has 0 aromatic heterocycles. The van der Waals surface area contributed by atoms with Crippen molar-refractivity contribution >= 4 is 39.7 Å². The second-order valence-corrected chi connectivity index (χ2v) is 9.98. The molecule has 7 nitrogen and oxygen atoms in total. The lowest BCUT2D eigenvalue weighted by Gasteiger charge is -2.30. The number of carbonyl (C=O) groups is 1. The predicted molar refractivity (Wildman–Crippen MR) is 138 cm³/mol. The van der Waals surface area contributed by atoms with Gasteiger partial charge in [-0.2, -0.15) is 4.31 Å². The number of hydrogen-bond acceptors (Lipinski definition) is 5. The van der Waals surface area contributed by atoms with Crippen molar-refractivity contribution in [3.63, 3.8) is 0 Å². The third-order valence-corrected chi connectivity index (χ3v) is 7.36. The van der Waals surface area contributed by atoms with E-state index in [1.54, 1.807) is 73.8 Å². The molecule has 1 atom stereocenters. The summed E-state index contributed by atoms with van der Waals surface area (Å²) in [7, 11) is -0.841. The molecule has 9 heteroatoms. The Kier molecular flexibility index (Phi) is 9.06. The zero-order valence-corrected chi connectivity index (χ0v) is 21.0. The topological polar surface area (TPSA) is 93.1 Å². The van der Waals surface area contributed by atoms with Gasteiger partial charge in [0.2, 0.25) is 5.91 Å². The van der Waals surface area contributed by atoms with Gasteiger partial charge in [-0.25, -0.2) is 0 Å². The van der Waals surface area contributed by atoms with Crippen molar-refractivity contribution in [2.24, 2.45) is 0 Å². The molecular formula is C26H27ClN2O5S. The highest BCUT2D eigenvalue weighted by atomic mass is 35.5. The normalized spacial score (nSPS) is 12.8. The molecule has 3 rings (SSSR count). The first kappa shape index (κ1) is 26.4. The summed E-state index contributed by atoms with van der Waals surface area (Å²) in [6.45, 7) is -0.345. The van der Waals surface area contributed by atoms with Crippen molar-refractivity contribution in [2.75, 3.05) is 31.6 Å². The molecule has 1 unspecified atom stereocenters. The highest BCUT2D eigenvalue weighted by Crippen LogP contribution is 2.31. The predicted octanol–water partition coefficient (Wildman–Crippen LogP) is 4.42. The molecule has 1 amide bonds. The quantitative estimate of drug-likeness (QED) is 0.319. The van der Waals surface area contributed by atoms with Crippen LogP contribution in [0.5, 0.6) is 5.75 Å². The van der Waals surface area contributed by atoms with Gasteiger partial charge >= 0.3 is 0 Å². The lowest BCUT2D eigenvalue weighted by molar-refractivity contribution is -0.125. The number of carbonyl (C=O) groups excluding carboxylic acids is 1. The standard InChI is InChI=1S/C26H27ClN2O5S/c1-28(26(31)16-9-20-7-10-22(27)11-8-20)19-21-5-3-4-6-25(21)29(17-18-30)35(32,33)24-14-12-23(34-2)13-15-24/h3-16,30H,17-19H2,1-2H3/b16-9+. The van der Waals surface area contributed by atoms with E-state index in [4.69, 9.17) is 16.3 Å². The molecule has 35 heavy (non-hydrogen) atoms. The molecule has 0 saturated heterocycles. The van der Waals surface area contributed by atoms with Crippen LogP contribution in [0.25, 0.3) is 6.08 Å². The van der Waals surface area contributed by atoms with Gasteiger partial charge in [-0.15, -0.1) is 0 Å². The first-order chi connectivity index (χ1) is 16.8. The second-order valence-electron chi connectivity index (χ2n) is 7.68. The minimum absolute atomic E-state index is 0.0666. The Bertz CT molecular complexity index is 1220. The number of ether oxygens (including phenoxy) is 1. The lowest BCUT2D eigenvalue weighted by atomic mass is 10.1. The Morgan fingerprint density at radius 2 is 1.74 bits per heavy atom. The second kappa shape index (κ2) is 12.0. The van der Waals surface area contributed by atoms with E-state index in [2.05, 4.69) is 0 Å². The molecule has 0 aliphatic carbocycles. The highest BCUT2D eigenvalue weighted by molar-refractivity contribution is 7.99. The van der Waals surface area contributed by atoms with Crippen LogP contribution in [-0.4, -0.2) is 47.8 Å². The lowest BCUT2D eigenvalue weighted by Crippen LogP contribution is -2.39. The summed E-state index contributed by atoms with van der Waals surface area (Å²) in [5, 5.41) is 10.2. The summed E-state index contributed by atoms with van der Waals surface area (Å²) in [5.74, 6) is 0.284. The zero-order valence-electron chi connectivity index (χ0n) is 19.5. The molecule has 0 aliphatic rings. The maximum absolute atomic E-state index is 13.5. The monoisotopic (exact) mass is 514 g/mol. The van der Waals surface area contributed by atoms with E-state index in [-0.39, 0.29) is 30.5 Å². The molecule has 3 aromatic carbocycles. The Morgan fingerprint density at radius 3 is 2.37 bits per heavy atom. The van der Waals surface area contributed by atoms with Crippen LogP contribution in [0.1, 0.15) is 11.1 Å². The van der Waals surface area contributed by atoms with Crippen LogP contribution in [0, 0.1) is 0 Å². The van der Waals surface area contributed by atoms with Gasteiger partial charge in [0.15, 0.2) is 15.3 Å². The van der Waals surface area contributed by atoms with Gasteiger partial charge in [0, 0.05) is 24.7 Å². The molecule has 1 N–H and O–H groups in total. The van der Waals surface area contributed by atoms with E-state index >= 15 is 0 Å². The van der Waals surface area contributed by atoms with E-state index < -0.39 is 10.4 Å². The van der Waals surface area contributed by atoms with Gasteiger partial charge in [0.1, 0.15) is 5.75 Å². The maximum Gasteiger partial charge on any atom is 0.246 e. The number of methoxy groups -OCH3 is 1. The number of aliphatic hydroxyl groups is 1. The summed E-state index contributed by atoms with van der Waals surface area (Å²) in [6.07, 6.45) is 3.14. The van der Waals surface area contributed by atoms with Gasteiger partial charge in [-0.1, -0.05) is 46.1 Å². The van der Waals surface area contributed by atoms with Crippen molar-refractivity contribution in [1.82, 2.24) is 4.90 Å². The Hall–Kier alpha value is -3.17. The van der Waals surface area contributed by atoms with Crippen molar-refractivity contribution < 1.29 is 23.4 Å². The Morgan fingerprint density at radius 1 is 1.09 bits per heavy atom. The molecule has 0 spiro atoms. The molecular weight excluding hydrogens is 488 g/mol. The van der Waals surface area contributed by atoms with Crippen LogP contribution in [0.3, 0.4) is 0 Å². The minimum atomic E-state index is -3.98. The highest BCUT2D eigenvalue weighted by Gasteiger charge is 2.32. The SMILES string of the molecule is COc1ccc([S+](=O)([O-])N(CCO)c2ccccc2CN(C)C(=O)/C=C/c2ccc(Cl)cc2)cc1. The fraction of sp³-hybridized carbons (Fsp3) is 0.192. The van der Waals surface area contributed by atoms with Gasteiger partial charge in [0.25, 0.3) is 0 Å². The molecule has 0 heterocycles. The van der Waals surface area contributed by atoms with E-state index in [1.807, 2.05) is 0 Å². The first-order valence-corrected chi connectivity index (χ1v) is 12.6. The Labute approximate surface area is 211 Å².